The van der Waals surface area contributed by atoms with Crippen molar-refractivity contribution in [3.05, 3.63) is 77.3 Å². The monoisotopic (exact) mass is 390 g/mol. The summed E-state index contributed by atoms with van der Waals surface area (Å²) in [6.07, 6.45) is 4.59. The second-order valence-corrected chi connectivity index (χ2v) is 6.70. The predicted molar refractivity (Wildman–Crippen MR) is 99.9 cm³/mol. The van der Waals surface area contributed by atoms with Crippen molar-refractivity contribution in [2.75, 3.05) is 18.4 Å². The number of benzene rings is 1. The molecule has 146 valence electrons. The largest absolute Gasteiger partial charge is 0.416 e. The first kappa shape index (κ1) is 18.3. The normalized spacial score (nSPS) is 21.3. The minimum absolute atomic E-state index is 0.360. The zero-order valence-electron chi connectivity index (χ0n) is 15.0. The molecular weight excluding hydrogens is 372 g/mol. The third-order valence-corrected chi connectivity index (χ3v) is 4.80. The lowest BCUT2D eigenvalue weighted by molar-refractivity contribution is -0.0885. The van der Waals surface area contributed by atoms with Crippen LogP contribution in [0.1, 0.15) is 5.56 Å². The van der Waals surface area contributed by atoms with Gasteiger partial charge >= 0.3 is 6.18 Å². The van der Waals surface area contributed by atoms with Gasteiger partial charge in [-0.2, -0.15) is 13.2 Å². The third-order valence-electron chi connectivity index (χ3n) is 4.80. The van der Waals surface area contributed by atoms with Crippen molar-refractivity contribution < 1.29 is 17.6 Å². The molecule has 28 heavy (non-hydrogen) atoms. The van der Waals surface area contributed by atoms with Crippen molar-refractivity contribution in [3.8, 4) is 0 Å². The Morgan fingerprint density at radius 1 is 1.25 bits per heavy atom. The first-order valence-corrected chi connectivity index (χ1v) is 8.82. The number of nitrogens with zero attached hydrogens (tertiary/aromatic N) is 3. The molecule has 1 aromatic carbocycles. The summed E-state index contributed by atoms with van der Waals surface area (Å²) in [4.78, 5) is 4.44. The number of hydrogen-bond acceptors (Lipinski definition) is 4. The van der Waals surface area contributed by atoms with E-state index in [0.717, 1.165) is 17.7 Å². The standard InChI is InChI=1S/C20H18F4N4/c1-13-4-6-16(21)12-17(13)26-19-25-8-10-28(19)27-9-2-3-14-11-15(20(22,23)24)5-7-18(14)27/h2-7,9,11-12,18H,8,10H2,1H3,(H,25,26). The summed E-state index contributed by atoms with van der Waals surface area (Å²) < 4.78 is 52.7. The number of alkyl halides is 3. The molecule has 4 nitrogen and oxygen atoms in total. The van der Waals surface area contributed by atoms with Gasteiger partial charge in [0, 0.05) is 11.9 Å². The fourth-order valence-corrected chi connectivity index (χ4v) is 3.36. The van der Waals surface area contributed by atoms with E-state index >= 15 is 0 Å². The molecule has 1 unspecified atom stereocenters. The highest BCUT2D eigenvalue weighted by molar-refractivity contribution is 5.95. The number of hydrazine groups is 1. The number of allylic oxidation sites excluding steroid dienone is 4. The highest BCUT2D eigenvalue weighted by atomic mass is 19.4. The zero-order chi connectivity index (χ0) is 19.9. The van der Waals surface area contributed by atoms with Crippen LogP contribution >= 0.6 is 0 Å². The molecule has 4 rings (SSSR count). The Balaban J connectivity index is 1.57. The summed E-state index contributed by atoms with van der Waals surface area (Å²) in [6.45, 7) is 2.95. The third kappa shape index (κ3) is 3.42. The van der Waals surface area contributed by atoms with E-state index in [1.54, 1.807) is 24.4 Å². The van der Waals surface area contributed by atoms with Crippen molar-refractivity contribution in [2.45, 2.75) is 19.1 Å². The van der Waals surface area contributed by atoms with Crippen LogP contribution < -0.4 is 5.32 Å². The highest BCUT2D eigenvalue weighted by Gasteiger charge is 2.37. The van der Waals surface area contributed by atoms with Crippen molar-refractivity contribution in [2.24, 2.45) is 4.99 Å². The number of halogens is 4. The number of aryl methyl sites for hydroxylation is 1. The van der Waals surface area contributed by atoms with Crippen LogP contribution in [-0.2, 0) is 0 Å². The summed E-state index contributed by atoms with van der Waals surface area (Å²) in [5, 5.41) is 6.84. The molecule has 2 aliphatic heterocycles. The summed E-state index contributed by atoms with van der Waals surface area (Å²) >= 11 is 0. The van der Waals surface area contributed by atoms with Gasteiger partial charge in [-0.05, 0) is 42.3 Å². The molecule has 0 amide bonds. The molecule has 0 spiro atoms. The number of aliphatic imine (C=N–C) groups is 1. The van der Waals surface area contributed by atoms with E-state index < -0.39 is 11.7 Å². The topological polar surface area (TPSA) is 30.9 Å². The molecule has 3 aliphatic rings. The fraction of sp³-hybridized carbons (Fsp3) is 0.250. The van der Waals surface area contributed by atoms with Crippen molar-refractivity contribution in [1.29, 1.82) is 0 Å². The Hall–Kier alpha value is -3.03. The minimum Gasteiger partial charge on any atom is -0.324 e. The summed E-state index contributed by atoms with van der Waals surface area (Å²) in [5.41, 5.74) is 1.33. The van der Waals surface area contributed by atoms with E-state index in [2.05, 4.69) is 10.3 Å². The molecule has 0 bridgehead atoms. The van der Waals surface area contributed by atoms with Gasteiger partial charge in [0.2, 0.25) is 5.96 Å². The molecule has 1 N–H and O–H groups in total. The summed E-state index contributed by atoms with van der Waals surface area (Å²) in [5.74, 6) is 0.167. The maximum Gasteiger partial charge on any atom is 0.416 e. The molecule has 1 atom stereocenters. The highest BCUT2D eigenvalue weighted by Crippen LogP contribution is 2.34. The van der Waals surface area contributed by atoms with Gasteiger partial charge in [0.05, 0.1) is 24.7 Å². The molecule has 1 aliphatic carbocycles. The number of anilines is 1. The van der Waals surface area contributed by atoms with E-state index in [-0.39, 0.29) is 11.9 Å². The molecule has 2 heterocycles. The van der Waals surface area contributed by atoms with Crippen LogP contribution in [-0.4, -0.2) is 41.3 Å². The van der Waals surface area contributed by atoms with Crippen molar-refractivity contribution in [1.82, 2.24) is 10.0 Å². The fourth-order valence-electron chi connectivity index (χ4n) is 3.36. The van der Waals surface area contributed by atoms with Crippen LogP contribution in [0, 0.1) is 12.7 Å². The molecule has 0 radical (unpaired) electrons. The second kappa shape index (κ2) is 6.85. The average Bonchev–Trinajstić information content (AvgIpc) is 3.11. The summed E-state index contributed by atoms with van der Waals surface area (Å²) in [7, 11) is 0. The number of hydrogen-bond donors (Lipinski definition) is 1. The van der Waals surface area contributed by atoms with Crippen LogP contribution in [0.2, 0.25) is 0 Å². The lowest BCUT2D eigenvalue weighted by Crippen LogP contribution is -2.50. The van der Waals surface area contributed by atoms with Gasteiger partial charge in [-0.25, -0.2) is 9.38 Å². The quantitative estimate of drug-likeness (QED) is 0.764. The van der Waals surface area contributed by atoms with Crippen molar-refractivity contribution in [3.63, 3.8) is 0 Å². The molecule has 1 aromatic rings. The maximum atomic E-state index is 13.6. The second-order valence-electron chi connectivity index (χ2n) is 6.70. The van der Waals surface area contributed by atoms with Gasteiger partial charge in [-0.3, -0.25) is 10.0 Å². The molecule has 0 saturated carbocycles. The Morgan fingerprint density at radius 3 is 2.86 bits per heavy atom. The molecule has 8 heteroatoms. The Bertz CT molecular complexity index is 940. The Kier molecular flexibility index (Phi) is 4.49. The van der Waals surface area contributed by atoms with Crippen LogP contribution in [0.5, 0.6) is 0 Å². The first-order valence-electron chi connectivity index (χ1n) is 8.82. The molecule has 0 fully saturated rings. The van der Waals surface area contributed by atoms with Gasteiger partial charge in [0.25, 0.3) is 0 Å². The van der Waals surface area contributed by atoms with Crippen LogP contribution in [0.4, 0.5) is 23.2 Å². The molecule has 0 saturated heterocycles. The lowest BCUT2D eigenvalue weighted by Gasteiger charge is -2.41. The maximum absolute atomic E-state index is 13.6. The van der Waals surface area contributed by atoms with E-state index in [4.69, 9.17) is 0 Å². The molecular formula is C20H18F4N4. The van der Waals surface area contributed by atoms with Crippen LogP contribution in [0.3, 0.4) is 0 Å². The Labute approximate surface area is 159 Å². The SMILES string of the molecule is Cc1ccc(F)cc1NC1=NCCN1N1C=CC=C2C=C(C(F)(F)F)C=CC21. The van der Waals surface area contributed by atoms with E-state index in [1.807, 2.05) is 16.9 Å². The summed E-state index contributed by atoms with van der Waals surface area (Å²) in [6, 6.07) is 4.09. The number of fused-ring (bicyclic) bond motifs is 1. The van der Waals surface area contributed by atoms with Crippen LogP contribution in [0.15, 0.2) is 70.9 Å². The smallest absolute Gasteiger partial charge is 0.324 e. The first-order chi connectivity index (χ1) is 13.3. The van der Waals surface area contributed by atoms with Crippen molar-refractivity contribution >= 4 is 11.6 Å². The van der Waals surface area contributed by atoms with Gasteiger partial charge in [0.15, 0.2) is 0 Å². The van der Waals surface area contributed by atoms with Crippen LogP contribution in [0.25, 0.3) is 0 Å². The van der Waals surface area contributed by atoms with Gasteiger partial charge in [0.1, 0.15) is 5.82 Å². The van der Waals surface area contributed by atoms with E-state index in [1.165, 1.54) is 18.2 Å². The predicted octanol–water partition coefficient (Wildman–Crippen LogP) is 4.32. The number of nitrogens with one attached hydrogen (secondary N) is 1. The van der Waals surface area contributed by atoms with E-state index in [9.17, 15) is 17.6 Å². The molecule has 0 aromatic heterocycles. The van der Waals surface area contributed by atoms with Gasteiger partial charge in [-0.15, -0.1) is 0 Å². The Morgan fingerprint density at radius 2 is 2.07 bits per heavy atom. The zero-order valence-corrected chi connectivity index (χ0v) is 15.0. The number of rotatable bonds is 2. The average molecular weight is 390 g/mol. The van der Waals surface area contributed by atoms with E-state index in [0.29, 0.717) is 30.3 Å². The number of guanidine groups is 1. The minimum atomic E-state index is -4.38. The van der Waals surface area contributed by atoms with Gasteiger partial charge in [-0.1, -0.05) is 24.3 Å². The van der Waals surface area contributed by atoms with Gasteiger partial charge < -0.3 is 5.32 Å². The lowest BCUT2D eigenvalue weighted by atomic mass is 9.94.